The highest BCUT2D eigenvalue weighted by Gasteiger charge is 2.25. The fraction of sp³-hybridized carbons (Fsp3) is 0.316. The van der Waals surface area contributed by atoms with Crippen molar-refractivity contribution >= 4 is 5.91 Å². The molecule has 1 fully saturated rings. The number of hydrogen-bond acceptors (Lipinski definition) is 2. The van der Waals surface area contributed by atoms with Crippen molar-refractivity contribution in [2.75, 3.05) is 19.7 Å². The van der Waals surface area contributed by atoms with Crippen molar-refractivity contribution in [3.8, 4) is 0 Å². The van der Waals surface area contributed by atoms with Gasteiger partial charge in [0.1, 0.15) is 6.10 Å². The smallest absolute Gasteiger partial charge is 0.254 e. The van der Waals surface area contributed by atoms with Crippen molar-refractivity contribution in [1.29, 1.82) is 0 Å². The predicted octanol–water partition coefficient (Wildman–Crippen LogP) is 3.52. The number of nitrogens with zero attached hydrogens (tertiary/aromatic N) is 1. The Balaban J connectivity index is 1.73. The first-order chi connectivity index (χ1) is 10.6. The van der Waals surface area contributed by atoms with Crippen LogP contribution in [0, 0.1) is 13.8 Å². The van der Waals surface area contributed by atoms with Crippen molar-refractivity contribution in [3.05, 3.63) is 70.8 Å². The Morgan fingerprint density at radius 3 is 2.23 bits per heavy atom. The second-order valence-corrected chi connectivity index (χ2v) is 5.89. The molecule has 3 nitrogen and oxygen atoms in total. The Morgan fingerprint density at radius 1 is 1.00 bits per heavy atom. The van der Waals surface area contributed by atoms with Gasteiger partial charge in [-0.25, -0.2) is 0 Å². The Morgan fingerprint density at radius 2 is 1.59 bits per heavy atom. The molecule has 2 aromatic rings. The van der Waals surface area contributed by atoms with Crippen LogP contribution in [-0.2, 0) is 4.74 Å². The van der Waals surface area contributed by atoms with Crippen LogP contribution in [0.2, 0.25) is 0 Å². The molecule has 0 saturated carbocycles. The SMILES string of the molecule is Cc1ccc(C(=O)N2CCOC(c3ccc(C)cc3)C2)cc1. The molecule has 0 bridgehead atoms. The number of ether oxygens (including phenoxy) is 1. The van der Waals surface area contributed by atoms with Crippen molar-refractivity contribution in [2.24, 2.45) is 0 Å². The Kier molecular flexibility index (Phi) is 4.25. The van der Waals surface area contributed by atoms with E-state index in [0.29, 0.717) is 19.7 Å². The van der Waals surface area contributed by atoms with Crippen LogP contribution in [0.4, 0.5) is 0 Å². The van der Waals surface area contributed by atoms with Gasteiger partial charge in [-0.15, -0.1) is 0 Å². The van der Waals surface area contributed by atoms with Crippen LogP contribution in [-0.4, -0.2) is 30.5 Å². The molecule has 0 aliphatic carbocycles. The number of rotatable bonds is 2. The second-order valence-electron chi connectivity index (χ2n) is 5.89. The monoisotopic (exact) mass is 295 g/mol. The molecule has 22 heavy (non-hydrogen) atoms. The number of aryl methyl sites for hydroxylation is 2. The van der Waals surface area contributed by atoms with E-state index in [4.69, 9.17) is 4.74 Å². The summed E-state index contributed by atoms with van der Waals surface area (Å²) >= 11 is 0. The van der Waals surface area contributed by atoms with Crippen LogP contribution in [0.1, 0.15) is 33.2 Å². The first-order valence-corrected chi connectivity index (χ1v) is 7.67. The largest absolute Gasteiger partial charge is 0.370 e. The molecule has 1 heterocycles. The maximum absolute atomic E-state index is 12.6. The van der Waals surface area contributed by atoms with Gasteiger partial charge < -0.3 is 9.64 Å². The molecule has 3 rings (SSSR count). The predicted molar refractivity (Wildman–Crippen MR) is 87.0 cm³/mol. The standard InChI is InChI=1S/C19H21NO2/c1-14-3-7-16(8-4-14)18-13-20(11-12-22-18)19(21)17-9-5-15(2)6-10-17/h3-10,18H,11-13H2,1-2H3. The molecule has 0 aromatic heterocycles. The highest BCUT2D eigenvalue weighted by Crippen LogP contribution is 2.23. The van der Waals surface area contributed by atoms with Crippen molar-refractivity contribution in [2.45, 2.75) is 20.0 Å². The molecular formula is C19H21NO2. The van der Waals surface area contributed by atoms with Gasteiger partial charge in [-0.05, 0) is 31.5 Å². The Labute approximate surface area is 131 Å². The van der Waals surface area contributed by atoms with Crippen LogP contribution < -0.4 is 0 Å². The third-order valence-corrected chi connectivity index (χ3v) is 4.10. The summed E-state index contributed by atoms with van der Waals surface area (Å²) in [6.07, 6.45) is -0.0382. The Hall–Kier alpha value is -2.13. The van der Waals surface area contributed by atoms with Crippen molar-refractivity contribution in [1.82, 2.24) is 4.90 Å². The average molecular weight is 295 g/mol. The van der Waals surface area contributed by atoms with E-state index in [-0.39, 0.29) is 12.0 Å². The van der Waals surface area contributed by atoms with Gasteiger partial charge in [-0.1, -0.05) is 47.5 Å². The van der Waals surface area contributed by atoms with Crippen LogP contribution in [0.5, 0.6) is 0 Å². The van der Waals surface area contributed by atoms with E-state index in [0.717, 1.165) is 16.7 Å². The molecule has 3 heteroatoms. The number of morpholine rings is 1. The lowest BCUT2D eigenvalue weighted by molar-refractivity contribution is -0.0228. The van der Waals surface area contributed by atoms with E-state index in [1.807, 2.05) is 36.1 Å². The molecule has 1 amide bonds. The maximum Gasteiger partial charge on any atom is 0.254 e. The molecule has 1 saturated heterocycles. The minimum Gasteiger partial charge on any atom is -0.370 e. The van der Waals surface area contributed by atoms with Crippen LogP contribution >= 0.6 is 0 Å². The fourth-order valence-electron chi connectivity index (χ4n) is 2.70. The van der Waals surface area contributed by atoms with Gasteiger partial charge in [-0.2, -0.15) is 0 Å². The van der Waals surface area contributed by atoms with Gasteiger partial charge in [0.15, 0.2) is 0 Å². The van der Waals surface area contributed by atoms with Crippen molar-refractivity contribution in [3.63, 3.8) is 0 Å². The fourth-order valence-corrected chi connectivity index (χ4v) is 2.70. The lowest BCUT2D eigenvalue weighted by Gasteiger charge is -2.33. The summed E-state index contributed by atoms with van der Waals surface area (Å²) in [5.74, 6) is 0.0837. The average Bonchev–Trinajstić information content (AvgIpc) is 2.56. The first-order valence-electron chi connectivity index (χ1n) is 7.67. The summed E-state index contributed by atoms with van der Waals surface area (Å²) in [5, 5.41) is 0. The summed E-state index contributed by atoms with van der Waals surface area (Å²) < 4.78 is 5.85. The molecular weight excluding hydrogens is 274 g/mol. The van der Waals surface area contributed by atoms with Gasteiger partial charge in [0, 0.05) is 12.1 Å². The maximum atomic E-state index is 12.6. The van der Waals surface area contributed by atoms with E-state index in [9.17, 15) is 4.79 Å². The number of carbonyl (C=O) groups excluding carboxylic acids is 1. The van der Waals surface area contributed by atoms with Gasteiger partial charge >= 0.3 is 0 Å². The summed E-state index contributed by atoms with van der Waals surface area (Å²) in [7, 11) is 0. The van der Waals surface area contributed by atoms with E-state index in [1.54, 1.807) is 0 Å². The lowest BCUT2D eigenvalue weighted by atomic mass is 10.0. The first kappa shape index (κ1) is 14.8. The second kappa shape index (κ2) is 6.32. The van der Waals surface area contributed by atoms with Crippen LogP contribution in [0.3, 0.4) is 0 Å². The van der Waals surface area contributed by atoms with Gasteiger partial charge in [0.25, 0.3) is 5.91 Å². The third kappa shape index (κ3) is 3.20. The lowest BCUT2D eigenvalue weighted by Crippen LogP contribution is -2.42. The van der Waals surface area contributed by atoms with Gasteiger partial charge in [0.2, 0.25) is 0 Å². The van der Waals surface area contributed by atoms with Crippen LogP contribution in [0.25, 0.3) is 0 Å². The molecule has 0 N–H and O–H groups in total. The van der Waals surface area contributed by atoms with E-state index < -0.39 is 0 Å². The summed E-state index contributed by atoms with van der Waals surface area (Å²) in [6, 6.07) is 16.1. The van der Waals surface area contributed by atoms with Crippen LogP contribution in [0.15, 0.2) is 48.5 Å². The minimum absolute atomic E-state index is 0.0382. The summed E-state index contributed by atoms with van der Waals surface area (Å²) in [6.45, 7) is 5.93. The van der Waals surface area contributed by atoms with Gasteiger partial charge in [0.05, 0.1) is 13.2 Å². The highest BCUT2D eigenvalue weighted by atomic mass is 16.5. The number of amides is 1. The quantitative estimate of drug-likeness (QED) is 0.848. The zero-order chi connectivity index (χ0) is 15.5. The summed E-state index contributed by atoms with van der Waals surface area (Å²) in [4.78, 5) is 14.5. The number of hydrogen-bond donors (Lipinski definition) is 0. The van der Waals surface area contributed by atoms with E-state index in [1.165, 1.54) is 5.56 Å². The summed E-state index contributed by atoms with van der Waals surface area (Å²) in [5.41, 5.74) is 4.27. The molecule has 1 aliphatic heterocycles. The van der Waals surface area contributed by atoms with Crippen molar-refractivity contribution < 1.29 is 9.53 Å². The number of benzene rings is 2. The van der Waals surface area contributed by atoms with Gasteiger partial charge in [-0.3, -0.25) is 4.79 Å². The third-order valence-electron chi connectivity index (χ3n) is 4.10. The molecule has 114 valence electrons. The molecule has 0 spiro atoms. The number of carbonyl (C=O) groups is 1. The molecule has 2 aromatic carbocycles. The molecule has 1 unspecified atom stereocenters. The van der Waals surface area contributed by atoms with E-state index >= 15 is 0 Å². The Bertz CT molecular complexity index is 646. The normalized spacial score (nSPS) is 18.3. The zero-order valence-corrected chi connectivity index (χ0v) is 13.1. The topological polar surface area (TPSA) is 29.5 Å². The zero-order valence-electron chi connectivity index (χ0n) is 13.1. The molecule has 0 radical (unpaired) electrons. The molecule has 1 aliphatic rings. The van der Waals surface area contributed by atoms with E-state index in [2.05, 4.69) is 31.2 Å². The minimum atomic E-state index is -0.0382. The highest BCUT2D eigenvalue weighted by molar-refractivity contribution is 5.94. The molecule has 1 atom stereocenters.